The average molecular weight is 293 g/mol. The van der Waals surface area contributed by atoms with Gasteiger partial charge in [0.1, 0.15) is 0 Å². The lowest BCUT2D eigenvalue weighted by molar-refractivity contribution is 0.0391. The van der Waals surface area contributed by atoms with Gasteiger partial charge in [-0.2, -0.15) is 0 Å². The van der Waals surface area contributed by atoms with Crippen LogP contribution >= 0.6 is 0 Å². The maximum Gasteiger partial charge on any atom is 0.0224 e. The molecule has 2 heteroatoms. The van der Waals surface area contributed by atoms with E-state index in [1.54, 1.807) is 0 Å². The number of hydrogen-bond donors (Lipinski definition) is 1. The molecule has 1 heterocycles. The fraction of sp³-hybridized carbons (Fsp3) is 1.00. The second kappa shape index (κ2) is 7.46. The van der Waals surface area contributed by atoms with E-state index in [-0.39, 0.29) is 0 Å². The molecule has 1 saturated heterocycles. The van der Waals surface area contributed by atoms with E-state index in [2.05, 4.69) is 24.1 Å². The van der Waals surface area contributed by atoms with Crippen molar-refractivity contribution in [3.63, 3.8) is 0 Å². The molecule has 3 rings (SSSR count). The molecular weight excluding hydrogens is 256 g/mol. The SMILES string of the molecule is CC1CNC(C2CCCCC2)CN1C(C)C1CCCCC1. The van der Waals surface area contributed by atoms with Crippen LogP contribution in [-0.4, -0.2) is 36.1 Å². The molecule has 3 fully saturated rings. The summed E-state index contributed by atoms with van der Waals surface area (Å²) in [7, 11) is 0. The molecule has 21 heavy (non-hydrogen) atoms. The topological polar surface area (TPSA) is 15.3 Å². The zero-order valence-corrected chi connectivity index (χ0v) is 14.3. The molecule has 1 N–H and O–H groups in total. The van der Waals surface area contributed by atoms with Gasteiger partial charge in [0.05, 0.1) is 0 Å². The Morgan fingerprint density at radius 2 is 1.52 bits per heavy atom. The normalized spacial score (nSPS) is 35.7. The summed E-state index contributed by atoms with van der Waals surface area (Å²) >= 11 is 0. The van der Waals surface area contributed by atoms with E-state index >= 15 is 0 Å². The molecule has 0 radical (unpaired) electrons. The summed E-state index contributed by atoms with van der Waals surface area (Å²) < 4.78 is 0. The van der Waals surface area contributed by atoms with Crippen LogP contribution in [0.1, 0.15) is 78.1 Å². The lowest BCUT2D eigenvalue weighted by Gasteiger charge is -2.47. The number of hydrogen-bond acceptors (Lipinski definition) is 2. The molecule has 2 saturated carbocycles. The van der Waals surface area contributed by atoms with Gasteiger partial charge < -0.3 is 5.32 Å². The van der Waals surface area contributed by atoms with Crippen LogP contribution in [0, 0.1) is 11.8 Å². The molecule has 2 aliphatic carbocycles. The van der Waals surface area contributed by atoms with Gasteiger partial charge in [0.25, 0.3) is 0 Å². The summed E-state index contributed by atoms with van der Waals surface area (Å²) in [6.07, 6.45) is 14.7. The fourth-order valence-electron chi connectivity index (χ4n) is 5.22. The highest BCUT2D eigenvalue weighted by molar-refractivity contribution is 4.92. The average Bonchev–Trinajstić information content (AvgIpc) is 2.56. The minimum absolute atomic E-state index is 0.724. The highest BCUT2D eigenvalue weighted by atomic mass is 15.3. The zero-order valence-electron chi connectivity index (χ0n) is 14.3. The van der Waals surface area contributed by atoms with Gasteiger partial charge in [0.2, 0.25) is 0 Å². The van der Waals surface area contributed by atoms with Gasteiger partial charge in [-0.3, -0.25) is 4.90 Å². The van der Waals surface area contributed by atoms with Crippen LogP contribution in [0.15, 0.2) is 0 Å². The molecule has 0 aromatic rings. The smallest absolute Gasteiger partial charge is 0.0224 e. The Labute approximate surface area is 132 Å². The van der Waals surface area contributed by atoms with Gasteiger partial charge in [-0.25, -0.2) is 0 Å². The molecule has 122 valence electrons. The second-order valence-electron chi connectivity index (χ2n) is 8.10. The maximum atomic E-state index is 3.88. The second-order valence-corrected chi connectivity index (χ2v) is 8.10. The minimum atomic E-state index is 0.724. The first-order valence-electron chi connectivity index (χ1n) is 9.75. The van der Waals surface area contributed by atoms with Crippen molar-refractivity contribution < 1.29 is 0 Å². The van der Waals surface area contributed by atoms with E-state index < -0.39 is 0 Å². The third kappa shape index (κ3) is 3.82. The maximum absolute atomic E-state index is 3.88. The van der Waals surface area contributed by atoms with Gasteiger partial charge in [-0.15, -0.1) is 0 Å². The Morgan fingerprint density at radius 1 is 0.905 bits per heavy atom. The van der Waals surface area contributed by atoms with Crippen LogP contribution in [0.25, 0.3) is 0 Å². The molecule has 0 bridgehead atoms. The first-order chi connectivity index (χ1) is 10.3. The van der Waals surface area contributed by atoms with Crippen LogP contribution in [0.5, 0.6) is 0 Å². The van der Waals surface area contributed by atoms with Crippen molar-refractivity contribution in [2.45, 2.75) is 96.2 Å². The fourth-order valence-corrected chi connectivity index (χ4v) is 5.22. The first kappa shape index (κ1) is 15.8. The lowest BCUT2D eigenvalue weighted by Crippen LogP contribution is -2.61. The molecule has 1 aliphatic heterocycles. The molecule has 0 amide bonds. The van der Waals surface area contributed by atoms with Crippen molar-refractivity contribution >= 4 is 0 Å². The molecular formula is C19H36N2. The Balaban J connectivity index is 1.59. The quantitative estimate of drug-likeness (QED) is 0.839. The Bertz CT molecular complexity index is 305. The Morgan fingerprint density at radius 3 is 2.19 bits per heavy atom. The zero-order chi connectivity index (χ0) is 14.7. The van der Waals surface area contributed by atoms with Crippen molar-refractivity contribution in [1.29, 1.82) is 0 Å². The van der Waals surface area contributed by atoms with Crippen LogP contribution in [-0.2, 0) is 0 Å². The minimum Gasteiger partial charge on any atom is -0.311 e. The summed E-state index contributed by atoms with van der Waals surface area (Å²) in [5, 5.41) is 3.88. The Hall–Kier alpha value is -0.0800. The standard InChI is InChI=1S/C19H36N2/c1-15-13-20-19(18-11-7-4-8-12-18)14-21(15)16(2)17-9-5-3-6-10-17/h15-20H,3-14H2,1-2H3. The summed E-state index contributed by atoms with van der Waals surface area (Å²) in [5.74, 6) is 1.92. The molecule has 3 atom stereocenters. The van der Waals surface area contributed by atoms with Gasteiger partial charge >= 0.3 is 0 Å². The van der Waals surface area contributed by atoms with Gasteiger partial charge in [-0.05, 0) is 51.4 Å². The van der Waals surface area contributed by atoms with E-state index in [1.165, 1.54) is 77.3 Å². The molecule has 2 nitrogen and oxygen atoms in total. The highest BCUT2D eigenvalue weighted by Crippen LogP contribution is 2.33. The number of rotatable bonds is 3. The summed E-state index contributed by atoms with van der Waals surface area (Å²) in [4.78, 5) is 2.87. The van der Waals surface area contributed by atoms with E-state index in [4.69, 9.17) is 0 Å². The predicted octanol–water partition coefficient (Wildman–Crippen LogP) is 4.20. The van der Waals surface area contributed by atoms with Gasteiger partial charge in [-0.1, -0.05) is 38.5 Å². The Kier molecular flexibility index (Phi) is 5.61. The highest BCUT2D eigenvalue weighted by Gasteiger charge is 2.35. The van der Waals surface area contributed by atoms with E-state index in [1.807, 2.05) is 0 Å². The summed E-state index contributed by atoms with van der Waals surface area (Å²) in [6.45, 7) is 7.47. The monoisotopic (exact) mass is 292 g/mol. The first-order valence-corrected chi connectivity index (χ1v) is 9.75. The van der Waals surface area contributed by atoms with Gasteiger partial charge in [0, 0.05) is 31.2 Å². The molecule has 0 aromatic carbocycles. The van der Waals surface area contributed by atoms with Gasteiger partial charge in [0.15, 0.2) is 0 Å². The van der Waals surface area contributed by atoms with E-state index in [0.29, 0.717) is 0 Å². The molecule has 3 unspecified atom stereocenters. The summed E-state index contributed by atoms with van der Waals surface area (Å²) in [5.41, 5.74) is 0. The van der Waals surface area contributed by atoms with Crippen LogP contribution < -0.4 is 5.32 Å². The molecule has 0 spiro atoms. The van der Waals surface area contributed by atoms with Crippen LogP contribution in [0.2, 0.25) is 0 Å². The molecule has 0 aromatic heterocycles. The van der Waals surface area contributed by atoms with Crippen molar-refractivity contribution in [2.75, 3.05) is 13.1 Å². The predicted molar refractivity (Wildman–Crippen MR) is 90.6 cm³/mol. The molecule has 3 aliphatic rings. The third-order valence-corrected chi connectivity index (χ3v) is 6.72. The largest absolute Gasteiger partial charge is 0.311 e. The number of nitrogens with one attached hydrogen (secondary N) is 1. The third-order valence-electron chi connectivity index (χ3n) is 6.72. The van der Waals surface area contributed by atoms with E-state index in [0.717, 1.165) is 30.0 Å². The van der Waals surface area contributed by atoms with Crippen molar-refractivity contribution in [2.24, 2.45) is 11.8 Å². The van der Waals surface area contributed by atoms with E-state index in [9.17, 15) is 0 Å². The number of nitrogens with zero attached hydrogens (tertiary/aromatic N) is 1. The van der Waals surface area contributed by atoms with Crippen molar-refractivity contribution in [1.82, 2.24) is 10.2 Å². The van der Waals surface area contributed by atoms with Crippen LogP contribution in [0.3, 0.4) is 0 Å². The van der Waals surface area contributed by atoms with Crippen molar-refractivity contribution in [3.05, 3.63) is 0 Å². The lowest BCUT2D eigenvalue weighted by atomic mass is 9.80. The summed E-state index contributed by atoms with van der Waals surface area (Å²) in [6, 6.07) is 2.29. The number of piperazine rings is 1. The van der Waals surface area contributed by atoms with Crippen molar-refractivity contribution in [3.8, 4) is 0 Å². The van der Waals surface area contributed by atoms with Crippen LogP contribution in [0.4, 0.5) is 0 Å².